The minimum atomic E-state index is -0.906. The molecule has 2 aliphatic heterocycles. The number of urea groups is 1. The summed E-state index contributed by atoms with van der Waals surface area (Å²) in [7, 11) is 0. The van der Waals surface area contributed by atoms with Crippen LogP contribution < -0.4 is 10.6 Å². The first kappa shape index (κ1) is 17.9. The van der Waals surface area contributed by atoms with Gasteiger partial charge in [-0.2, -0.15) is 0 Å². The Morgan fingerprint density at radius 1 is 1.46 bits per heavy atom. The van der Waals surface area contributed by atoms with Gasteiger partial charge in [0.25, 0.3) is 5.69 Å². The van der Waals surface area contributed by atoms with Crippen LogP contribution in [0.4, 0.5) is 10.5 Å². The molecule has 138 valence electrons. The second-order valence-corrected chi connectivity index (χ2v) is 6.20. The minimum Gasteiger partial charge on any atom is -0.462 e. The summed E-state index contributed by atoms with van der Waals surface area (Å²) in [5.74, 6) is -1.48. The van der Waals surface area contributed by atoms with Crippen molar-refractivity contribution in [1.29, 1.82) is 0 Å². The van der Waals surface area contributed by atoms with E-state index in [1.807, 2.05) is 0 Å². The van der Waals surface area contributed by atoms with E-state index in [2.05, 4.69) is 17.2 Å². The number of carbonyl (C=O) groups excluding carboxylic acids is 2. The molecule has 9 nitrogen and oxygen atoms in total. The largest absolute Gasteiger partial charge is 0.462 e. The summed E-state index contributed by atoms with van der Waals surface area (Å²) < 4.78 is 10.8. The van der Waals surface area contributed by atoms with Gasteiger partial charge in [-0.3, -0.25) is 14.9 Å². The van der Waals surface area contributed by atoms with Crippen LogP contribution in [0, 0.1) is 16.0 Å². The first-order chi connectivity index (χ1) is 12.5. The third-order valence-electron chi connectivity index (χ3n) is 4.40. The Hall–Kier alpha value is -2.94. The van der Waals surface area contributed by atoms with Crippen molar-refractivity contribution in [3.8, 4) is 0 Å². The average molecular weight is 361 g/mol. The number of hydrogen-bond acceptors (Lipinski definition) is 6. The molecule has 2 aliphatic rings. The van der Waals surface area contributed by atoms with Gasteiger partial charge in [-0.25, -0.2) is 4.79 Å². The lowest BCUT2D eigenvalue weighted by molar-refractivity contribution is -0.384. The smallest absolute Gasteiger partial charge is 0.319 e. The van der Waals surface area contributed by atoms with Gasteiger partial charge in [-0.1, -0.05) is 18.7 Å². The number of nitrogens with zero attached hydrogens (tertiary/aromatic N) is 1. The van der Waals surface area contributed by atoms with Gasteiger partial charge in [-0.05, 0) is 18.4 Å². The molecule has 9 heteroatoms. The van der Waals surface area contributed by atoms with E-state index in [0.29, 0.717) is 12.2 Å². The van der Waals surface area contributed by atoms with Gasteiger partial charge in [0.15, 0.2) is 0 Å². The standard InChI is InChI=1S/C17H19N3O6/c1-10-14(16(21)26-9-13-6-3-7-25-13)15(19-17(22)18-10)11-4-2-5-12(8-11)20(23)24/h2,4-5,8,13-15H,1,3,6-7,9H2,(H2,18,19,22). The van der Waals surface area contributed by atoms with Gasteiger partial charge in [0, 0.05) is 24.4 Å². The van der Waals surface area contributed by atoms with Gasteiger partial charge >= 0.3 is 12.0 Å². The van der Waals surface area contributed by atoms with Crippen LogP contribution in [0.25, 0.3) is 0 Å². The molecule has 3 rings (SSSR count). The van der Waals surface area contributed by atoms with Gasteiger partial charge < -0.3 is 20.1 Å². The monoisotopic (exact) mass is 361 g/mol. The van der Waals surface area contributed by atoms with E-state index >= 15 is 0 Å². The predicted molar refractivity (Wildman–Crippen MR) is 90.1 cm³/mol. The first-order valence-corrected chi connectivity index (χ1v) is 8.24. The fourth-order valence-electron chi connectivity index (χ4n) is 3.11. The molecule has 0 spiro atoms. The molecule has 2 saturated heterocycles. The number of esters is 1. The van der Waals surface area contributed by atoms with Crippen molar-refractivity contribution >= 4 is 17.7 Å². The van der Waals surface area contributed by atoms with Crippen LogP contribution in [-0.2, 0) is 14.3 Å². The maximum absolute atomic E-state index is 12.6. The Labute approximate surface area is 149 Å². The van der Waals surface area contributed by atoms with Crippen LogP contribution in [0.2, 0.25) is 0 Å². The second-order valence-electron chi connectivity index (χ2n) is 6.20. The number of nitro benzene ring substituents is 1. The molecular formula is C17H19N3O6. The van der Waals surface area contributed by atoms with Crippen molar-refractivity contribution in [2.24, 2.45) is 5.92 Å². The van der Waals surface area contributed by atoms with Crippen molar-refractivity contribution < 1.29 is 24.0 Å². The molecule has 2 heterocycles. The number of non-ortho nitro benzene ring substituents is 1. The Kier molecular flexibility index (Phi) is 5.17. The molecule has 0 bridgehead atoms. The highest BCUT2D eigenvalue weighted by atomic mass is 16.6. The predicted octanol–water partition coefficient (Wildman–Crippen LogP) is 1.80. The van der Waals surface area contributed by atoms with Crippen LogP contribution in [-0.4, -0.2) is 36.2 Å². The number of hydrogen-bond donors (Lipinski definition) is 2. The van der Waals surface area contributed by atoms with Crippen molar-refractivity contribution in [2.75, 3.05) is 13.2 Å². The van der Waals surface area contributed by atoms with Gasteiger partial charge in [0.1, 0.15) is 12.5 Å². The van der Waals surface area contributed by atoms with Gasteiger partial charge in [0.05, 0.1) is 17.1 Å². The molecule has 3 atom stereocenters. The molecule has 1 aromatic rings. The molecule has 0 aromatic heterocycles. The van der Waals surface area contributed by atoms with E-state index < -0.39 is 28.9 Å². The highest BCUT2D eigenvalue weighted by Crippen LogP contribution is 2.32. The van der Waals surface area contributed by atoms with E-state index in [9.17, 15) is 19.7 Å². The zero-order chi connectivity index (χ0) is 18.7. The third-order valence-corrected chi connectivity index (χ3v) is 4.40. The Morgan fingerprint density at radius 3 is 2.96 bits per heavy atom. The molecule has 0 saturated carbocycles. The lowest BCUT2D eigenvalue weighted by atomic mass is 9.89. The lowest BCUT2D eigenvalue weighted by Gasteiger charge is -2.33. The van der Waals surface area contributed by atoms with E-state index in [-0.39, 0.29) is 24.1 Å². The topological polar surface area (TPSA) is 120 Å². The zero-order valence-electron chi connectivity index (χ0n) is 14.0. The summed E-state index contributed by atoms with van der Waals surface area (Å²) in [5.41, 5.74) is 0.476. The number of rotatable bonds is 5. The molecule has 0 aliphatic carbocycles. The second kappa shape index (κ2) is 7.52. The summed E-state index contributed by atoms with van der Waals surface area (Å²) in [6.45, 7) is 4.51. The number of nitro groups is 1. The quantitative estimate of drug-likeness (QED) is 0.469. The van der Waals surface area contributed by atoms with Crippen molar-refractivity contribution in [2.45, 2.75) is 25.0 Å². The number of amides is 2. The Morgan fingerprint density at radius 2 is 2.27 bits per heavy atom. The minimum absolute atomic E-state index is 0.123. The van der Waals surface area contributed by atoms with E-state index in [1.54, 1.807) is 6.07 Å². The third kappa shape index (κ3) is 3.83. The van der Waals surface area contributed by atoms with E-state index in [0.717, 1.165) is 12.8 Å². The normalized spacial score (nSPS) is 25.3. The van der Waals surface area contributed by atoms with Crippen LogP contribution in [0.5, 0.6) is 0 Å². The van der Waals surface area contributed by atoms with Crippen molar-refractivity contribution in [1.82, 2.24) is 10.6 Å². The maximum Gasteiger partial charge on any atom is 0.319 e. The molecular weight excluding hydrogens is 342 g/mol. The van der Waals surface area contributed by atoms with Crippen LogP contribution >= 0.6 is 0 Å². The highest BCUT2D eigenvalue weighted by Gasteiger charge is 2.39. The first-order valence-electron chi connectivity index (χ1n) is 8.24. The maximum atomic E-state index is 12.6. The van der Waals surface area contributed by atoms with E-state index in [4.69, 9.17) is 9.47 Å². The number of benzene rings is 1. The van der Waals surface area contributed by atoms with Crippen molar-refractivity contribution in [3.63, 3.8) is 0 Å². The zero-order valence-corrected chi connectivity index (χ0v) is 14.0. The highest BCUT2D eigenvalue weighted by molar-refractivity contribution is 5.85. The molecule has 1 aromatic carbocycles. The summed E-state index contributed by atoms with van der Waals surface area (Å²) in [6.07, 6.45) is 1.61. The molecule has 0 radical (unpaired) electrons. The number of ether oxygens (including phenoxy) is 2. The summed E-state index contributed by atoms with van der Waals surface area (Å²) in [4.78, 5) is 34.9. The van der Waals surface area contributed by atoms with Crippen molar-refractivity contribution in [3.05, 3.63) is 52.2 Å². The molecule has 2 N–H and O–H groups in total. The van der Waals surface area contributed by atoms with Crippen LogP contribution in [0.3, 0.4) is 0 Å². The fourth-order valence-corrected chi connectivity index (χ4v) is 3.11. The molecule has 2 fully saturated rings. The molecule has 3 unspecified atom stereocenters. The summed E-state index contributed by atoms with van der Waals surface area (Å²) >= 11 is 0. The number of carbonyl (C=O) groups is 2. The molecule has 2 amide bonds. The van der Waals surface area contributed by atoms with Gasteiger partial charge in [0.2, 0.25) is 0 Å². The SMILES string of the molecule is C=C1NC(=O)NC(c2cccc([N+](=O)[O-])c2)C1C(=O)OCC1CCCO1. The summed E-state index contributed by atoms with van der Waals surface area (Å²) in [5, 5.41) is 16.1. The lowest BCUT2D eigenvalue weighted by Crippen LogP contribution is -2.51. The van der Waals surface area contributed by atoms with Gasteiger partial charge in [-0.15, -0.1) is 0 Å². The number of nitrogens with one attached hydrogen (secondary N) is 2. The van der Waals surface area contributed by atoms with Crippen LogP contribution in [0.15, 0.2) is 36.5 Å². The average Bonchev–Trinajstić information content (AvgIpc) is 3.12. The molecule has 26 heavy (non-hydrogen) atoms. The fraction of sp³-hybridized carbons (Fsp3) is 0.412. The Balaban J connectivity index is 1.81. The van der Waals surface area contributed by atoms with Crippen LogP contribution in [0.1, 0.15) is 24.4 Å². The summed E-state index contributed by atoms with van der Waals surface area (Å²) in [6, 6.07) is 4.43. The van der Waals surface area contributed by atoms with E-state index in [1.165, 1.54) is 18.2 Å². The Bertz CT molecular complexity index is 744.